The van der Waals surface area contributed by atoms with E-state index in [1.807, 2.05) is 4.90 Å². The van der Waals surface area contributed by atoms with Crippen LogP contribution in [0.2, 0.25) is 0 Å². The molecule has 0 unspecified atom stereocenters. The van der Waals surface area contributed by atoms with Gasteiger partial charge in [-0.2, -0.15) is 0 Å². The molecule has 1 aliphatic heterocycles. The third kappa shape index (κ3) is 4.55. The second-order valence-electron chi connectivity index (χ2n) is 7.03. The molecule has 2 aromatic heterocycles. The zero-order valence-electron chi connectivity index (χ0n) is 16.1. The summed E-state index contributed by atoms with van der Waals surface area (Å²) in [6.07, 6.45) is 1.41. The van der Waals surface area contributed by atoms with Crippen LogP contribution in [0.1, 0.15) is 0 Å². The zero-order chi connectivity index (χ0) is 21.1. The number of halogens is 1. The summed E-state index contributed by atoms with van der Waals surface area (Å²) in [4.78, 5) is 45.7. The van der Waals surface area contributed by atoms with Crippen molar-refractivity contribution in [3.8, 4) is 0 Å². The first kappa shape index (κ1) is 20.2. The van der Waals surface area contributed by atoms with Gasteiger partial charge in [0.25, 0.3) is 5.56 Å². The van der Waals surface area contributed by atoms with E-state index < -0.39 is 0 Å². The topological polar surface area (TPSA) is 87.5 Å². The molecule has 1 N–H and O–H groups in total. The van der Waals surface area contributed by atoms with Crippen molar-refractivity contribution in [3.05, 3.63) is 58.2 Å². The lowest BCUT2D eigenvalue weighted by Crippen LogP contribution is -2.51. The number of hydrogen-bond acceptors (Lipinski definition) is 6. The molecule has 0 aliphatic carbocycles. The summed E-state index contributed by atoms with van der Waals surface area (Å²) in [7, 11) is 0. The standard InChI is InChI=1S/C20H20FN5O3S/c21-14-1-3-15(4-2-14)23-17(27)11-24-6-8-25(9-7-24)18(28)12-26-13-22-19-16(20(26)29)5-10-30-19/h1-5,10,13H,6-9,11-12H2,(H,23,27). The maximum absolute atomic E-state index is 12.9. The number of benzene rings is 1. The summed E-state index contributed by atoms with van der Waals surface area (Å²) >= 11 is 1.39. The molecule has 4 rings (SSSR count). The van der Waals surface area contributed by atoms with Crippen molar-refractivity contribution in [1.82, 2.24) is 19.4 Å². The zero-order valence-corrected chi connectivity index (χ0v) is 16.9. The molecule has 3 aromatic rings. The highest BCUT2D eigenvalue weighted by molar-refractivity contribution is 7.16. The number of piperazine rings is 1. The van der Waals surface area contributed by atoms with Crippen LogP contribution >= 0.6 is 11.3 Å². The lowest BCUT2D eigenvalue weighted by Gasteiger charge is -2.34. The average molecular weight is 429 g/mol. The van der Waals surface area contributed by atoms with Gasteiger partial charge in [0.15, 0.2) is 0 Å². The van der Waals surface area contributed by atoms with Crippen LogP contribution in [0.4, 0.5) is 10.1 Å². The molecule has 2 amide bonds. The minimum Gasteiger partial charge on any atom is -0.339 e. The molecule has 0 spiro atoms. The molecular formula is C20H20FN5O3S. The summed E-state index contributed by atoms with van der Waals surface area (Å²) in [6, 6.07) is 7.31. The van der Waals surface area contributed by atoms with Gasteiger partial charge in [0, 0.05) is 31.9 Å². The third-order valence-electron chi connectivity index (χ3n) is 4.98. The van der Waals surface area contributed by atoms with Gasteiger partial charge in [-0.25, -0.2) is 9.37 Å². The van der Waals surface area contributed by atoms with Crippen molar-refractivity contribution >= 4 is 39.1 Å². The van der Waals surface area contributed by atoms with E-state index in [1.165, 1.54) is 46.5 Å². The van der Waals surface area contributed by atoms with E-state index in [0.29, 0.717) is 42.1 Å². The molecular weight excluding hydrogens is 409 g/mol. The summed E-state index contributed by atoms with van der Waals surface area (Å²) in [5, 5.41) is 5.05. The second kappa shape index (κ2) is 8.72. The quantitative estimate of drug-likeness (QED) is 0.662. The average Bonchev–Trinajstić information content (AvgIpc) is 3.22. The number of nitrogens with one attached hydrogen (secondary N) is 1. The number of aromatic nitrogens is 2. The smallest absolute Gasteiger partial charge is 0.262 e. The Hall–Kier alpha value is -3.11. The predicted octanol–water partition coefficient (Wildman–Crippen LogP) is 1.38. The van der Waals surface area contributed by atoms with Crippen LogP contribution < -0.4 is 10.9 Å². The van der Waals surface area contributed by atoms with Crippen LogP contribution in [0, 0.1) is 5.82 Å². The first-order valence-corrected chi connectivity index (χ1v) is 10.4. The van der Waals surface area contributed by atoms with Gasteiger partial charge >= 0.3 is 0 Å². The van der Waals surface area contributed by atoms with Crippen molar-refractivity contribution in [3.63, 3.8) is 0 Å². The van der Waals surface area contributed by atoms with Gasteiger partial charge in [-0.3, -0.25) is 23.9 Å². The minimum absolute atomic E-state index is 0.0529. The number of fused-ring (bicyclic) bond motifs is 1. The normalized spacial score (nSPS) is 14.8. The van der Waals surface area contributed by atoms with Gasteiger partial charge < -0.3 is 10.2 Å². The van der Waals surface area contributed by atoms with E-state index in [-0.39, 0.29) is 36.3 Å². The summed E-state index contributed by atoms with van der Waals surface area (Å²) in [5.41, 5.74) is 0.322. The Labute approximate surface area is 175 Å². The molecule has 156 valence electrons. The molecule has 1 aliphatic rings. The molecule has 0 saturated carbocycles. The first-order chi connectivity index (χ1) is 14.5. The summed E-state index contributed by atoms with van der Waals surface area (Å²) in [6.45, 7) is 2.20. The molecule has 0 bridgehead atoms. The van der Waals surface area contributed by atoms with Crippen LogP contribution in [0.5, 0.6) is 0 Å². The number of thiophene rings is 1. The highest BCUT2D eigenvalue weighted by atomic mass is 32.1. The van der Waals surface area contributed by atoms with Gasteiger partial charge in [-0.1, -0.05) is 0 Å². The van der Waals surface area contributed by atoms with E-state index >= 15 is 0 Å². The van der Waals surface area contributed by atoms with Crippen molar-refractivity contribution in [2.45, 2.75) is 6.54 Å². The number of anilines is 1. The Kier molecular flexibility index (Phi) is 5.86. The molecule has 10 heteroatoms. The third-order valence-corrected chi connectivity index (χ3v) is 5.80. The number of carbonyl (C=O) groups is 2. The van der Waals surface area contributed by atoms with E-state index in [9.17, 15) is 18.8 Å². The van der Waals surface area contributed by atoms with Crippen LogP contribution in [0.25, 0.3) is 10.2 Å². The lowest BCUT2D eigenvalue weighted by atomic mass is 10.3. The SMILES string of the molecule is O=C(CN1CCN(C(=O)Cn2cnc3sccc3c2=O)CC1)Nc1ccc(F)cc1. The van der Waals surface area contributed by atoms with Crippen molar-refractivity contribution in [2.24, 2.45) is 0 Å². The van der Waals surface area contributed by atoms with Gasteiger partial charge in [0.2, 0.25) is 11.8 Å². The number of nitrogens with zero attached hydrogens (tertiary/aromatic N) is 4. The van der Waals surface area contributed by atoms with E-state index in [0.717, 1.165) is 0 Å². The lowest BCUT2D eigenvalue weighted by molar-refractivity contribution is -0.133. The van der Waals surface area contributed by atoms with Gasteiger partial charge in [-0.15, -0.1) is 11.3 Å². The molecule has 1 aromatic carbocycles. The fourth-order valence-electron chi connectivity index (χ4n) is 3.34. The Bertz CT molecular complexity index is 1120. The number of hydrogen-bond donors (Lipinski definition) is 1. The van der Waals surface area contributed by atoms with Gasteiger partial charge in [0.1, 0.15) is 17.2 Å². The number of amides is 2. The summed E-state index contributed by atoms with van der Waals surface area (Å²) in [5.74, 6) is -0.700. The van der Waals surface area contributed by atoms with E-state index in [2.05, 4.69) is 10.3 Å². The van der Waals surface area contributed by atoms with Crippen molar-refractivity contribution in [1.29, 1.82) is 0 Å². The highest BCUT2D eigenvalue weighted by Gasteiger charge is 2.23. The predicted molar refractivity (Wildman–Crippen MR) is 112 cm³/mol. The largest absolute Gasteiger partial charge is 0.339 e. The number of rotatable bonds is 5. The van der Waals surface area contributed by atoms with Crippen molar-refractivity contribution < 1.29 is 14.0 Å². The number of carbonyl (C=O) groups excluding carboxylic acids is 2. The molecule has 3 heterocycles. The van der Waals surface area contributed by atoms with Crippen molar-refractivity contribution in [2.75, 3.05) is 38.0 Å². The molecule has 8 nitrogen and oxygen atoms in total. The Morgan fingerprint density at radius 3 is 2.53 bits per heavy atom. The van der Waals surface area contributed by atoms with E-state index in [4.69, 9.17) is 0 Å². The van der Waals surface area contributed by atoms with Crippen LogP contribution in [0.15, 0.2) is 46.8 Å². The van der Waals surface area contributed by atoms with Gasteiger partial charge in [0.05, 0.1) is 18.3 Å². The molecule has 0 atom stereocenters. The second-order valence-corrected chi connectivity index (χ2v) is 7.92. The van der Waals surface area contributed by atoms with E-state index in [1.54, 1.807) is 16.3 Å². The summed E-state index contributed by atoms with van der Waals surface area (Å²) < 4.78 is 14.3. The molecule has 1 fully saturated rings. The first-order valence-electron chi connectivity index (χ1n) is 9.48. The van der Waals surface area contributed by atoms with Crippen LogP contribution in [0.3, 0.4) is 0 Å². The highest BCUT2D eigenvalue weighted by Crippen LogP contribution is 2.13. The van der Waals surface area contributed by atoms with Crippen LogP contribution in [-0.2, 0) is 16.1 Å². The fourth-order valence-corrected chi connectivity index (χ4v) is 4.07. The maximum atomic E-state index is 12.9. The fraction of sp³-hybridized carbons (Fsp3) is 0.300. The maximum Gasteiger partial charge on any atom is 0.262 e. The molecule has 0 radical (unpaired) electrons. The Morgan fingerprint density at radius 1 is 1.07 bits per heavy atom. The molecule has 1 saturated heterocycles. The monoisotopic (exact) mass is 429 g/mol. The Balaban J connectivity index is 1.27. The Morgan fingerprint density at radius 2 is 1.80 bits per heavy atom. The van der Waals surface area contributed by atoms with Gasteiger partial charge in [-0.05, 0) is 35.7 Å². The minimum atomic E-state index is -0.359. The van der Waals surface area contributed by atoms with Crippen LogP contribution in [-0.4, -0.2) is 63.9 Å². The molecule has 30 heavy (non-hydrogen) atoms.